The number of carbonyl (C=O) groups excluding carboxylic acids is 3. The van der Waals surface area contributed by atoms with Crippen LogP contribution in [0.1, 0.15) is 74.7 Å². The summed E-state index contributed by atoms with van der Waals surface area (Å²) >= 11 is 0. The van der Waals surface area contributed by atoms with Crippen molar-refractivity contribution < 1.29 is 32.0 Å². The molecular weight excluding hydrogens is 659 g/mol. The molecular formula is C38H47F3N7O3+. The summed E-state index contributed by atoms with van der Waals surface area (Å²) in [5.74, 6) is 0.145. The lowest BCUT2D eigenvalue weighted by atomic mass is 9.79. The maximum Gasteiger partial charge on any atom is 0.416 e. The van der Waals surface area contributed by atoms with E-state index in [4.69, 9.17) is 0 Å². The van der Waals surface area contributed by atoms with Gasteiger partial charge in [0.15, 0.2) is 0 Å². The molecule has 5 rings (SSSR count). The molecule has 0 radical (unpaired) electrons. The maximum atomic E-state index is 14.1. The fraction of sp³-hybridized carbons (Fsp3) is 0.500. The third-order valence-electron chi connectivity index (χ3n) is 10.2. The van der Waals surface area contributed by atoms with Gasteiger partial charge in [-0.1, -0.05) is 6.07 Å². The molecule has 1 aliphatic carbocycles. The first-order valence-electron chi connectivity index (χ1n) is 17.5. The number of urea groups is 1. The number of aromatic nitrogens is 2. The lowest BCUT2D eigenvalue weighted by Crippen LogP contribution is -2.44. The fourth-order valence-electron chi connectivity index (χ4n) is 7.25. The van der Waals surface area contributed by atoms with Crippen LogP contribution in [0.3, 0.4) is 0 Å². The van der Waals surface area contributed by atoms with E-state index >= 15 is 0 Å². The zero-order valence-electron chi connectivity index (χ0n) is 29.9. The Hall–Kier alpha value is -4.70. The Bertz CT molecular complexity index is 1750. The molecule has 1 saturated carbocycles. The molecule has 272 valence electrons. The van der Waals surface area contributed by atoms with Crippen LogP contribution < -0.4 is 4.90 Å². The minimum absolute atomic E-state index is 0.00704. The van der Waals surface area contributed by atoms with Crippen molar-refractivity contribution in [1.29, 1.82) is 5.26 Å². The van der Waals surface area contributed by atoms with Gasteiger partial charge in [0.05, 0.1) is 68.9 Å². The van der Waals surface area contributed by atoms with Crippen LogP contribution in [0, 0.1) is 23.2 Å². The average Bonchev–Trinajstić information content (AvgIpc) is 3.68. The summed E-state index contributed by atoms with van der Waals surface area (Å²) in [6, 6.07) is 12.7. The summed E-state index contributed by atoms with van der Waals surface area (Å²) < 4.78 is 43.4. The normalized spacial score (nSPS) is 21.1. The number of likely N-dealkylation sites (N-methyl/N-ethyl adjacent to an activating group) is 2. The summed E-state index contributed by atoms with van der Waals surface area (Å²) in [6.07, 6.45) is 1.72. The molecule has 2 aliphatic rings. The molecule has 0 N–H and O–H groups in total. The molecule has 1 aromatic heterocycles. The lowest BCUT2D eigenvalue weighted by molar-refractivity contribution is -0.869. The largest absolute Gasteiger partial charge is 0.416 e. The number of hydrogen-bond donors (Lipinski definition) is 0. The Morgan fingerprint density at radius 2 is 1.71 bits per heavy atom. The van der Waals surface area contributed by atoms with E-state index in [1.807, 2.05) is 11.9 Å². The molecule has 2 unspecified atom stereocenters. The average molecular weight is 707 g/mol. The van der Waals surface area contributed by atoms with E-state index in [-0.39, 0.29) is 23.9 Å². The van der Waals surface area contributed by atoms with E-state index in [1.54, 1.807) is 48.1 Å². The van der Waals surface area contributed by atoms with Crippen molar-refractivity contribution in [2.24, 2.45) is 11.8 Å². The monoisotopic (exact) mass is 706 g/mol. The van der Waals surface area contributed by atoms with Gasteiger partial charge < -0.3 is 9.38 Å². The zero-order chi connectivity index (χ0) is 37.1. The van der Waals surface area contributed by atoms with Crippen molar-refractivity contribution >= 4 is 23.5 Å². The number of hydrogen-bond acceptors (Lipinski definition) is 5. The van der Waals surface area contributed by atoms with Crippen LogP contribution in [-0.2, 0) is 15.8 Å². The molecule has 2 fully saturated rings. The Labute approximate surface area is 297 Å². The third-order valence-corrected chi connectivity index (χ3v) is 10.2. The molecule has 0 spiro atoms. The van der Waals surface area contributed by atoms with Crippen LogP contribution in [0.15, 0.2) is 60.8 Å². The van der Waals surface area contributed by atoms with E-state index in [2.05, 4.69) is 32.3 Å². The number of anilines is 1. The van der Waals surface area contributed by atoms with Crippen molar-refractivity contribution in [3.05, 3.63) is 77.6 Å². The number of halogens is 3. The van der Waals surface area contributed by atoms with Gasteiger partial charge in [0.25, 0.3) is 0 Å². The molecule has 3 aromatic rings. The molecule has 2 heterocycles. The Balaban J connectivity index is 1.31. The fourth-order valence-corrected chi connectivity index (χ4v) is 7.25. The standard InChI is InChI=1S/C38H47F3N7O3/c1-26-35(33-20-21-43-47(33)31-18-14-28(25-42)15-19-31)46(37(51)45(26)32-10-7-9-30(24-32)38(39,40)41)34(49)11-6-8-27-12-16-29(17-13-27)36(50)44(2)22-23-48(3,4)5/h7,9-10,14-15,18-21,24,26-27,29,35H,6,8,11-13,16-17,22-23H2,1-5H3/q+1/t26?,27-,29-,35?. The van der Waals surface area contributed by atoms with Gasteiger partial charge in [-0.25, -0.2) is 9.48 Å². The molecule has 13 heteroatoms. The molecule has 10 nitrogen and oxygen atoms in total. The number of carbonyl (C=O) groups is 3. The van der Waals surface area contributed by atoms with Gasteiger partial charge >= 0.3 is 12.2 Å². The first-order valence-corrected chi connectivity index (χ1v) is 17.5. The highest BCUT2D eigenvalue weighted by Crippen LogP contribution is 2.41. The molecule has 1 saturated heterocycles. The van der Waals surface area contributed by atoms with Crippen molar-refractivity contribution in [3.8, 4) is 11.8 Å². The first-order chi connectivity index (χ1) is 24.1. The second kappa shape index (κ2) is 15.3. The van der Waals surface area contributed by atoms with Crippen LogP contribution in [-0.4, -0.2) is 89.2 Å². The number of nitrogens with zero attached hydrogens (tertiary/aromatic N) is 7. The smallest absolute Gasteiger partial charge is 0.340 e. The second-order valence-electron chi connectivity index (χ2n) is 14.9. The lowest BCUT2D eigenvalue weighted by Gasteiger charge is -2.32. The molecule has 2 atom stereocenters. The van der Waals surface area contributed by atoms with Gasteiger partial charge in [0.2, 0.25) is 11.8 Å². The molecule has 4 amide bonds. The Morgan fingerprint density at radius 3 is 2.33 bits per heavy atom. The maximum absolute atomic E-state index is 14.1. The minimum Gasteiger partial charge on any atom is -0.340 e. The van der Waals surface area contributed by atoms with Crippen LogP contribution >= 0.6 is 0 Å². The van der Waals surface area contributed by atoms with Crippen LogP contribution in [0.4, 0.5) is 23.7 Å². The number of imide groups is 1. The third kappa shape index (κ3) is 8.61. The predicted molar refractivity (Wildman–Crippen MR) is 186 cm³/mol. The van der Waals surface area contributed by atoms with Gasteiger partial charge in [-0.15, -0.1) is 0 Å². The number of amides is 4. The second-order valence-corrected chi connectivity index (χ2v) is 14.9. The highest BCUT2D eigenvalue weighted by molar-refractivity contribution is 6.06. The number of alkyl halides is 3. The van der Waals surface area contributed by atoms with Crippen LogP contribution in [0.25, 0.3) is 5.69 Å². The molecule has 51 heavy (non-hydrogen) atoms. The van der Waals surface area contributed by atoms with Crippen molar-refractivity contribution in [1.82, 2.24) is 19.6 Å². The first kappa shape index (κ1) is 37.6. The van der Waals surface area contributed by atoms with Gasteiger partial charge in [-0.3, -0.25) is 19.4 Å². The number of rotatable bonds is 11. The quantitative estimate of drug-likeness (QED) is 0.204. The highest BCUT2D eigenvalue weighted by Gasteiger charge is 2.49. The number of benzene rings is 2. The van der Waals surface area contributed by atoms with Crippen molar-refractivity contribution in [2.75, 3.05) is 46.2 Å². The van der Waals surface area contributed by atoms with E-state index in [0.29, 0.717) is 35.8 Å². The van der Waals surface area contributed by atoms with E-state index in [0.717, 1.165) is 55.3 Å². The SMILES string of the molecule is CC1C(c2ccnn2-c2ccc(C#N)cc2)N(C(=O)CCC[C@H]2CC[C@H](C(=O)N(C)CC[N+](C)(C)C)CC2)C(=O)N1c1cccc(C(F)(F)F)c1. The van der Waals surface area contributed by atoms with E-state index in [9.17, 15) is 32.8 Å². The van der Waals surface area contributed by atoms with Crippen LogP contribution in [0.5, 0.6) is 0 Å². The van der Waals surface area contributed by atoms with Gasteiger partial charge in [-0.2, -0.15) is 23.5 Å². The minimum atomic E-state index is -4.61. The molecule has 0 bridgehead atoms. The van der Waals surface area contributed by atoms with Crippen molar-refractivity contribution in [2.45, 2.75) is 70.1 Å². The summed E-state index contributed by atoms with van der Waals surface area (Å²) in [4.78, 5) is 45.5. The molecule has 1 aliphatic heterocycles. The summed E-state index contributed by atoms with van der Waals surface area (Å²) in [7, 11) is 8.18. The number of nitriles is 1. The van der Waals surface area contributed by atoms with Gasteiger partial charge in [0.1, 0.15) is 6.04 Å². The Morgan fingerprint density at radius 1 is 1.02 bits per heavy atom. The van der Waals surface area contributed by atoms with E-state index < -0.39 is 35.8 Å². The number of quaternary nitrogens is 1. The summed E-state index contributed by atoms with van der Waals surface area (Å²) in [6.45, 7) is 3.30. The van der Waals surface area contributed by atoms with E-state index in [1.165, 1.54) is 21.9 Å². The molecule has 2 aromatic carbocycles. The van der Waals surface area contributed by atoms with Crippen molar-refractivity contribution in [3.63, 3.8) is 0 Å². The highest BCUT2D eigenvalue weighted by atomic mass is 19.4. The topological polar surface area (TPSA) is 103 Å². The predicted octanol–water partition coefficient (Wildman–Crippen LogP) is 6.80. The summed E-state index contributed by atoms with van der Waals surface area (Å²) in [5, 5.41) is 13.7. The zero-order valence-corrected chi connectivity index (χ0v) is 29.9. The van der Waals surface area contributed by atoms with Crippen LogP contribution in [0.2, 0.25) is 0 Å². The van der Waals surface area contributed by atoms with Gasteiger partial charge in [0, 0.05) is 31.3 Å². The summed E-state index contributed by atoms with van der Waals surface area (Å²) in [5.41, 5.74) is 0.718. The Kier molecular flexibility index (Phi) is 11.2. The van der Waals surface area contributed by atoms with Gasteiger partial charge in [-0.05, 0) is 99.9 Å².